The first-order valence-electron chi connectivity index (χ1n) is 20.9. The number of hydrogen-bond acceptors (Lipinski definition) is 9. The van der Waals surface area contributed by atoms with Gasteiger partial charge in [-0.15, -0.1) is 0 Å². The van der Waals surface area contributed by atoms with E-state index in [0.717, 1.165) is 36.0 Å². The fourth-order valence-electron chi connectivity index (χ4n) is 9.25. The Morgan fingerprint density at radius 2 is 1.64 bits per heavy atom. The van der Waals surface area contributed by atoms with Crippen LogP contribution < -0.4 is 21.3 Å². The highest BCUT2D eigenvalue weighted by molar-refractivity contribution is 5.98. The van der Waals surface area contributed by atoms with Crippen LogP contribution >= 0.6 is 0 Å². The molecule has 4 saturated heterocycles. The lowest BCUT2D eigenvalue weighted by atomic mass is 9.99. The Hall–Kier alpha value is -5.51. The van der Waals surface area contributed by atoms with Crippen molar-refractivity contribution in [2.75, 3.05) is 31.6 Å². The molecule has 0 spiro atoms. The number of hydrogen-bond donors (Lipinski definition) is 5. The Balaban J connectivity index is 1.18. The summed E-state index contributed by atoms with van der Waals surface area (Å²) in [4.78, 5) is 102. The Labute approximate surface area is 343 Å². The Morgan fingerprint density at radius 1 is 0.864 bits per heavy atom. The SMILES string of the molecule is Cc1cccc(C[C@H](NC(=O)Nc2ccc3c(c2)CCC3)C(=O)N[C@H]2COC(=O)[C@@H]3C[C@@H](C)CN3C(=O)[C@H](C)NC(=O)[C@@H]3CCCCN3C(=O)[C@@H]3C[C@@H](O)CN3C2=O)c1. The van der Waals surface area contributed by atoms with Gasteiger partial charge in [0, 0.05) is 38.2 Å². The number of esters is 1. The fraction of sp³-hybridized carbons (Fsp3) is 0.558. The quantitative estimate of drug-likeness (QED) is 0.267. The second kappa shape index (κ2) is 17.8. The smallest absolute Gasteiger partial charge is 0.328 e. The average Bonchev–Trinajstić information content (AvgIpc) is 3.95. The number of piperidine rings is 1. The average molecular weight is 814 g/mol. The summed E-state index contributed by atoms with van der Waals surface area (Å²) in [7, 11) is 0. The van der Waals surface area contributed by atoms with Crippen LogP contribution in [0.2, 0.25) is 0 Å². The highest BCUT2D eigenvalue weighted by atomic mass is 16.5. The summed E-state index contributed by atoms with van der Waals surface area (Å²) in [5.41, 5.74) is 4.63. The third-order valence-electron chi connectivity index (χ3n) is 12.2. The molecule has 0 unspecified atom stereocenters. The number of aliphatic hydroxyl groups excluding tert-OH is 1. The van der Waals surface area contributed by atoms with Crippen LogP contribution in [-0.2, 0) is 52.8 Å². The second-order valence-corrected chi connectivity index (χ2v) is 16.9. The van der Waals surface area contributed by atoms with E-state index in [1.54, 1.807) is 0 Å². The lowest BCUT2D eigenvalue weighted by Crippen LogP contribution is -2.62. The molecule has 0 saturated carbocycles. The number of urea groups is 1. The topological polar surface area (TPSA) is 207 Å². The van der Waals surface area contributed by atoms with Crippen molar-refractivity contribution in [3.63, 3.8) is 0 Å². The molecule has 2 aromatic carbocycles. The van der Waals surface area contributed by atoms with Gasteiger partial charge in [0.15, 0.2) is 0 Å². The number of aryl methyl sites for hydroxylation is 3. The number of anilines is 1. The van der Waals surface area contributed by atoms with E-state index in [9.17, 15) is 38.7 Å². The minimum Gasteiger partial charge on any atom is -0.461 e. The maximum absolute atomic E-state index is 14.6. The minimum atomic E-state index is -1.55. The van der Waals surface area contributed by atoms with Crippen LogP contribution in [0, 0.1) is 12.8 Å². The number of aliphatic hydroxyl groups is 1. The van der Waals surface area contributed by atoms with Gasteiger partial charge in [0.25, 0.3) is 0 Å². The molecule has 5 aliphatic rings. The minimum absolute atomic E-state index is 0.0446. The van der Waals surface area contributed by atoms with Crippen molar-refractivity contribution in [2.45, 2.75) is 121 Å². The Morgan fingerprint density at radius 3 is 2.44 bits per heavy atom. The van der Waals surface area contributed by atoms with E-state index in [1.165, 1.54) is 27.2 Å². The van der Waals surface area contributed by atoms with E-state index >= 15 is 0 Å². The lowest BCUT2D eigenvalue weighted by Gasteiger charge is -2.39. The number of nitrogens with one attached hydrogen (secondary N) is 4. The van der Waals surface area contributed by atoms with Crippen LogP contribution in [0.4, 0.5) is 10.5 Å². The van der Waals surface area contributed by atoms with E-state index in [1.807, 2.05) is 56.3 Å². The van der Waals surface area contributed by atoms with Gasteiger partial charge in [0.05, 0.1) is 6.10 Å². The van der Waals surface area contributed by atoms with E-state index < -0.39 is 90.5 Å². The zero-order valence-electron chi connectivity index (χ0n) is 33.9. The molecule has 4 heterocycles. The first kappa shape index (κ1) is 41.6. The summed E-state index contributed by atoms with van der Waals surface area (Å²) >= 11 is 0. The van der Waals surface area contributed by atoms with Crippen molar-refractivity contribution < 1.29 is 43.4 Å². The van der Waals surface area contributed by atoms with Gasteiger partial charge in [-0.05, 0) is 93.5 Å². The highest BCUT2D eigenvalue weighted by Crippen LogP contribution is 2.29. The summed E-state index contributed by atoms with van der Waals surface area (Å²) in [6.45, 7) is 4.90. The molecule has 4 aliphatic heterocycles. The molecule has 5 N–H and O–H groups in total. The largest absolute Gasteiger partial charge is 0.461 e. The van der Waals surface area contributed by atoms with Crippen molar-refractivity contribution in [1.29, 1.82) is 0 Å². The van der Waals surface area contributed by atoms with Gasteiger partial charge < -0.3 is 45.8 Å². The van der Waals surface area contributed by atoms with E-state index in [2.05, 4.69) is 21.3 Å². The van der Waals surface area contributed by atoms with E-state index in [4.69, 9.17) is 4.74 Å². The van der Waals surface area contributed by atoms with Gasteiger partial charge in [-0.25, -0.2) is 9.59 Å². The van der Waals surface area contributed by atoms with Crippen LogP contribution in [0.25, 0.3) is 0 Å². The van der Waals surface area contributed by atoms with Crippen LogP contribution in [0.1, 0.15) is 74.6 Å². The molecule has 1 aliphatic carbocycles. The molecule has 16 heteroatoms. The highest BCUT2D eigenvalue weighted by Gasteiger charge is 2.47. The van der Waals surface area contributed by atoms with Crippen molar-refractivity contribution in [3.8, 4) is 0 Å². The van der Waals surface area contributed by atoms with Gasteiger partial charge in [-0.2, -0.15) is 0 Å². The molecular formula is C43H55N7O9. The fourth-order valence-corrected chi connectivity index (χ4v) is 9.25. The van der Waals surface area contributed by atoms with Crippen LogP contribution in [0.5, 0.6) is 0 Å². The van der Waals surface area contributed by atoms with Gasteiger partial charge in [-0.1, -0.05) is 42.8 Å². The number of fused-ring (bicyclic) bond motifs is 4. The maximum atomic E-state index is 14.6. The van der Waals surface area contributed by atoms with Gasteiger partial charge >= 0.3 is 12.0 Å². The third-order valence-corrected chi connectivity index (χ3v) is 12.2. The van der Waals surface area contributed by atoms with Crippen LogP contribution in [0.3, 0.4) is 0 Å². The van der Waals surface area contributed by atoms with Crippen molar-refractivity contribution in [2.24, 2.45) is 5.92 Å². The van der Waals surface area contributed by atoms with Gasteiger partial charge in [0.1, 0.15) is 42.9 Å². The standard InChI is InChI=1S/C43H55N7O9/c1-24-8-6-9-27(16-24)18-32(47-43(58)45-30-14-13-28-10-7-11-29(28)19-30)37(52)46-33-23-59-42(57)36-17-25(2)21-49(36)39(54)26(3)44-38(53)34-12-4-5-15-48(34)41(56)35-20-31(51)22-50(35)40(33)55/h6,8-9,13-14,16,19,25-26,31-36,51H,4-5,7,10-12,15,17-18,20-23H2,1-3H3,(H,44,53)(H,46,52)(H2,45,47,58)/t25-,26+,31-,32+,33+,34+,35+,36+/m1/s1. The van der Waals surface area contributed by atoms with Crippen molar-refractivity contribution in [1.82, 2.24) is 30.7 Å². The molecule has 0 radical (unpaired) electrons. The number of carbonyl (C=O) groups is 7. The van der Waals surface area contributed by atoms with E-state index in [0.29, 0.717) is 24.9 Å². The molecule has 2 aromatic rings. The number of amides is 7. The molecule has 0 bridgehead atoms. The third kappa shape index (κ3) is 9.37. The first-order chi connectivity index (χ1) is 28.2. The zero-order valence-corrected chi connectivity index (χ0v) is 33.9. The maximum Gasteiger partial charge on any atom is 0.328 e. The molecule has 59 heavy (non-hydrogen) atoms. The van der Waals surface area contributed by atoms with Crippen molar-refractivity contribution >= 4 is 47.2 Å². The molecule has 7 rings (SSSR count). The van der Waals surface area contributed by atoms with Gasteiger partial charge in [-0.3, -0.25) is 24.0 Å². The molecule has 0 aromatic heterocycles. The van der Waals surface area contributed by atoms with Crippen LogP contribution in [-0.4, -0.2) is 130 Å². The summed E-state index contributed by atoms with van der Waals surface area (Å²) in [6.07, 6.45) is 3.67. The van der Waals surface area contributed by atoms with Crippen molar-refractivity contribution in [3.05, 3.63) is 64.7 Å². The lowest BCUT2D eigenvalue weighted by molar-refractivity contribution is -0.158. The number of benzene rings is 2. The molecule has 16 nitrogen and oxygen atoms in total. The van der Waals surface area contributed by atoms with Crippen LogP contribution in [0.15, 0.2) is 42.5 Å². The molecule has 4 fully saturated rings. The number of rotatable bonds is 6. The number of carbonyl (C=O) groups excluding carboxylic acids is 7. The predicted octanol–water partition coefficient (Wildman–Crippen LogP) is 1.34. The predicted molar refractivity (Wildman–Crippen MR) is 215 cm³/mol. The summed E-state index contributed by atoms with van der Waals surface area (Å²) in [5.74, 6) is -3.96. The Kier molecular flexibility index (Phi) is 12.5. The number of ether oxygens (including phenoxy) is 1. The number of cyclic esters (lactones) is 1. The molecule has 8 atom stereocenters. The normalized spacial score (nSPS) is 28.2. The summed E-state index contributed by atoms with van der Waals surface area (Å²) in [5, 5.41) is 22.0. The molecular weight excluding hydrogens is 759 g/mol. The second-order valence-electron chi connectivity index (χ2n) is 16.9. The zero-order chi connectivity index (χ0) is 42.0. The van der Waals surface area contributed by atoms with E-state index in [-0.39, 0.29) is 44.8 Å². The van der Waals surface area contributed by atoms with Gasteiger partial charge in [0.2, 0.25) is 29.5 Å². The number of nitrogens with zero attached hydrogens (tertiary/aromatic N) is 3. The first-order valence-corrected chi connectivity index (χ1v) is 20.9. The summed E-state index contributed by atoms with van der Waals surface area (Å²) < 4.78 is 5.75. The summed E-state index contributed by atoms with van der Waals surface area (Å²) in [6, 6.07) is 5.62. The monoisotopic (exact) mass is 813 g/mol. The molecule has 316 valence electrons. The Bertz CT molecular complexity index is 1990. The molecule has 7 amide bonds.